The molecule has 0 aliphatic rings. The zero-order valence-corrected chi connectivity index (χ0v) is 16.0. The molecule has 1 atom stereocenters. The Morgan fingerprint density at radius 1 is 0.960 bits per heavy atom. The number of carbonyl (C=O) groups excluding carboxylic acids is 1. The number of amides is 1. The SMILES string of the molecule is Cc1ccccc1NC(=O)C[NH2+][C@@H](c1ccc(C(C)C)cc1)C(C)C. The van der Waals surface area contributed by atoms with Gasteiger partial charge >= 0.3 is 0 Å². The van der Waals surface area contributed by atoms with E-state index in [1.54, 1.807) is 0 Å². The third-order valence-electron chi connectivity index (χ3n) is 4.68. The normalized spacial score (nSPS) is 12.4. The average molecular weight is 340 g/mol. The van der Waals surface area contributed by atoms with E-state index < -0.39 is 0 Å². The van der Waals surface area contributed by atoms with Crippen LogP contribution in [0.15, 0.2) is 48.5 Å². The van der Waals surface area contributed by atoms with Gasteiger partial charge in [-0.25, -0.2) is 0 Å². The van der Waals surface area contributed by atoms with Crippen LogP contribution in [-0.4, -0.2) is 12.5 Å². The number of carbonyl (C=O) groups is 1. The quantitative estimate of drug-likeness (QED) is 0.786. The van der Waals surface area contributed by atoms with Crippen LogP contribution in [-0.2, 0) is 4.79 Å². The van der Waals surface area contributed by atoms with Crippen LogP contribution < -0.4 is 10.6 Å². The molecular weight excluding hydrogens is 308 g/mol. The van der Waals surface area contributed by atoms with Crippen molar-refractivity contribution in [2.24, 2.45) is 5.92 Å². The molecule has 0 heterocycles. The molecule has 0 saturated carbocycles. The summed E-state index contributed by atoms with van der Waals surface area (Å²) < 4.78 is 0. The van der Waals surface area contributed by atoms with Crippen molar-refractivity contribution in [3.8, 4) is 0 Å². The van der Waals surface area contributed by atoms with Gasteiger partial charge in [0.1, 0.15) is 6.04 Å². The molecular formula is C22H31N2O+. The number of hydrogen-bond donors (Lipinski definition) is 2. The lowest BCUT2D eigenvalue weighted by Gasteiger charge is -2.20. The van der Waals surface area contributed by atoms with Crippen LogP contribution in [0.4, 0.5) is 5.69 Å². The van der Waals surface area contributed by atoms with Gasteiger partial charge in [0.15, 0.2) is 6.54 Å². The van der Waals surface area contributed by atoms with E-state index >= 15 is 0 Å². The van der Waals surface area contributed by atoms with E-state index in [0.29, 0.717) is 18.4 Å². The molecule has 3 nitrogen and oxygen atoms in total. The summed E-state index contributed by atoms with van der Waals surface area (Å²) >= 11 is 0. The number of anilines is 1. The highest BCUT2D eigenvalue weighted by atomic mass is 16.1. The predicted molar refractivity (Wildman–Crippen MR) is 105 cm³/mol. The topological polar surface area (TPSA) is 45.7 Å². The van der Waals surface area contributed by atoms with Gasteiger partial charge in [-0.05, 0) is 30.0 Å². The third-order valence-corrected chi connectivity index (χ3v) is 4.68. The summed E-state index contributed by atoms with van der Waals surface area (Å²) in [6.07, 6.45) is 0. The Bertz CT molecular complexity index is 689. The Kier molecular flexibility index (Phi) is 6.77. The first-order valence-electron chi connectivity index (χ1n) is 9.17. The van der Waals surface area contributed by atoms with Gasteiger partial charge in [0, 0.05) is 17.2 Å². The monoisotopic (exact) mass is 339 g/mol. The largest absolute Gasteiger partial charge is 0.332 e. The summed E-state index contributed by atoms with van der Waals surface area (Å²) in [5.41, 5.74) is 4.61. The molecule has 2 rings (SSSR count). The van der Waals surface area contributed by atoms with Crippen LogP contribution in [0.1, 0.15) is 56.3 Å². The van der Waals surface area contributed by atoms with E-state index in [2.05, 4.69) is 62.6 Å². The Morgan fingerprint density at radius 2 is 1.56 bits per heavy atom. The minimum Gasteiger partial charge on any atom is -0.332 e. The fourth-order valence-corrected chi connectivity index (χ4v) is 3.04. The molecule has 134 valence electrons. The van der Waals surface area contributed by atoms with Crippen molar-refractivity contribution >= 4 is 11.6 Å². The first kappa shape index (κ1) is 19.2. The number of para-hydroxylation sites is 1. The number of quaternary nitrogens is 1. The van der Waals surface area contributed by atoms with Crippen molar-refractivity contribution in [2.75, 3.05) is 11.9 Å². The highest BCUT2D eigenvalue weighted by molar-refractivity contribution is 5.92. The zero-order chi connectivity index (χ0) is 18.4. The smallest absolute Gasteiger partial charge is 0.279 e. The molecule has 2 aromatic carbocycles. The Labute approximate surface area is 151 Å². The number of hydrogen-bond acceptors (Lipinski definition) is 1. The van der Waals surface area contributed by atoms with Gasteiger partial charge in [0.25, 0.3) is 5.91 Å². The molecule has 0 aliphatic heterocycles. The molecule has 3 heteroatoms. The molecule has 0 bridgehead atoms. The molecule has 3 N–H and O–H groups in total. The maximum atomic E-state index is 12.3. The average Bonchev–Trinajstić information content (AvgIpc) is 2.57. The zero-order valence-electron chi connectivity index (χ0n) is 16.0. The Hall–Kier alpha value is -2.13. The number of aryl methyl sites for hydroxylation is 1. The fourth-order valence-electron chi connectivity index (χ4n) is 3.04. The van der Waals surface area contributed by atoms with E-state index in [4.69, 9.17) is 0 Å². The second kappa shape index (κ2) is 8.82. The van der Waals surface area contributed by atoms with Crippen LogP contribution in [0, 0.1) is 12.8 Å². The summed E-state index contributed by atoms with van der Waals surface area (Å²) in [4.78, 5) is 12.3. The number of rotatable bonds is 7. The minimum absolute atomic E-state index is 0.0405. The molecule has 0 aliphatic carbocycles. The summed E-state index contributed by atoms with van der Waals surface area (Å²) in [7, 11) is 0. The third kappa shape index (κ3) is 5.43. The van der Waals surface area contributed by atoms with Crippen LogP contribution in [0.3, 0.4) is 0 Å². The first-order valence-corrected chi connectivity index (χ1v) is 9.17. The second-order valence-electron chi connectivity index (χ2n) is 7.39. The molecule has 2 aromatic rings. The van der Waals surface area contributed by atoms with Gasteiger partial charge < -0.3 is 10.6 Å². The molecule has 1 amide bonds. The van der Waals surface area contributed by atoms with Crippen molar-refractivity contribution in [3.05, 3.63) is 65.2 Å². The summed E-state index contributed by atoms with van der Waals surface area (Å²) in [6, 6.07) is 17.0. The first-order chi connectivity index (χ1) is 11.9. The van der Waals surface area contributed by atoms with Crippen molar-refractivity contribution in [3.63, 3.8) is 0 Å². The van der Waals surface area contributed by atoms with Crippen molar-refractivity contribution in [1.29, 1.82) is 0 Å². The lowest BCUT2D eigenvalue weighted by molar-refractivity contribution is -0.692. The maximum Gasteiger partial charge on any atom is 0.279 e. The Morgan fingerprint density at radius 3 is 2.12 bits per heavy atom. The molecule has 25 heavy (non-hydrogen) atoms. The van der Waals surface area contributed by atoms with Crippen LogP contribution >= 0.6 is 0 Å². The predicted octanol–water partition coefficient (Wildman–Crippen LogP) is 4.02. The van der Waals surface area contributed by atoms with Crippen LogP contribution in [0.25, 0.3) is 0 Å². The highest BCUT2D eigenvalue weighted by Crippen LogP contribution is 2.21. The number of nitrogens with two attached hydrogens (primary N) is 1. The van der Waals surface area contributed by atoms with Crippen molar-refractivity contribution in [2.45, 2.75) is 46.6 Å². The van der Waals surface area contributed by atoms with Crippen molar-refractivity contribution < 1.29 is 10.1 Å². The van der Waals surface area contributed by atoms with E-state index in [-0.39, 0.29) is 11.9 Å². The second-order valence-corrected chi connectivity index (χ2v) is 7.39. The molecule has 0 saturated heterocycles. The standard InChI is InChI=1S/C22H30N2O/c1-15(2)18-10-12-19(13-11-18)22(16(3)4)23-14-21(25)24-20-9-7-6-8-17(20)5/h6-13,15-16,22-23H,14H2,1-5H3,(H,24,25)/p+1/t22-/m1/s1. The maximum absolute atomic E-state index is 12.3. The summed E-state index contributed by atoms with van der Waals surface area (Å²) in [5, 5.41) is 5.15. The number of benzene rings is 2. The van der Waals surface area contributed by atoms with Crippen LogP contribution in [0.5, 0.6) is 0 Å². The van der Waals surface area contributed by atoms with Crippen LogP contribution in [0.2, 0.25) is 0 Å². The van der Waals surface area contributed by atoms with E-state index in [9.17, 15) is 4.79 Å². The van der Waals surface area contributed by atoms with Gasteiger partial charge in [-0.3, -0.25) is 4.79 Å². The Balaban J connectivity index is 1.99. The van der Waals surface area contributed by atoms with E-state index in [0.717, 1.165) is 11.3 Å². The van der Waals surface area contributed by atoms with Gasteiger partial charge in [-0.15, -0.1) is 0 Å². The lowest BCUT2D eigenvalue weighted by Crippen LogP contribution is -2.88. The van der Waals surface area contributed by atoms with E-state index in [1.807, 2.05) is 31.2 Å². The number of nitrogens with one attached hydrogen (secondary N) is 1. The molecule has 0 unspecified atom stereocenters. The molecule has 0 fully saturated rings. The molecule has 0 radical (unpaired) electrons. The van der Waals surface area contributed by atoms with Gasteiger partial charge in [0.2, 0.25) is 0 Å². The van der Waals surface area contributed by atoms with Gasteiger partial charge in [-0.1, -0.05) is 70.2 Å². The van der Waals surface area contributed by atoms with E-state index in [1.165, 1.54) is 11.1 Å². The highest BCUT2D eigenvalue weighted by Gasteiger charge is 2.20. The van der Waals surface area contributed by atoms with Gasteiger partial charge in [0.05, 0.1) is 0 Å². The lowest BCUT2D eigenvalue weighted by atomic mass is 9.93. The summed E-state index contributed by atoms with van der Waals surface area (Å²) in [5.74, 6) is 1.03. The minimum atomic E-state index is 0.0405. The van der Waals surface area contributed by atoms with Crippen molar-refractivity contribution in [1.82, 2.24) is 0 Å². The fraction of sp³-hybridized carbons (Fsp3) is 0.409. The molecule has 0 aromatic heterocycles. The summed E-state index contributed by atoms with van der Waals surface area (Å²) in [6.45, 7) is 11.2. The van der Waals surface area contributed by atoms with Gasteiger partial charge in [-0.2, -0.15) is 0 Å². The molecule has 0 spiro atoms.